The van der Waals surface area contributed by atoms with Crippen molar-refractivity contribution in [1.82, 2.24) is 19.7 Å². The smallest absolute Gasteiger partial charge is 0.154 e. The lowest BCUT2D eigenvalue weighted by molar-refractivity contribution is 0.0290. The molecule has 43 heavy (non-hydrogen) atoms. The van der Waals surface area contributed by atoms with Crippen molar-refractivity contribution in [1.29, 1.82) is 0 Å². The lowest BCUT2D eigenvalue weighted by Crippen LogP contribution is -2.42. The summed E-state index contributed by atoms with van der Waals surface area (Å²) in [4.78, 5) is 18.7. The number of aryl methyl sites for hydroxylation is 1. The van der Waals surface area contributed by atoms with E-state index in [1.807, 2.05) is 31.2 Å². The van der Waals surface area contributed by atoms with Crippen molar-refractivity contribution in [2.45, 2.75) is 65.6 Å². The fourth-order valence-electron chi connectivity index (χ4n) is 6.45. The second kappa shape index (κ2) is 12.6. The Morgan fingerprint density at radius 2 is 1.98 bits per heavy atom. The predicted molar refractivity (Wildman–Crippen MR) is 169 cm³/mol. The maximum atomic E-state index is 11.1. The Kier molecular flexibility index (Phi) is 8.49. The van der Waals surface area contributed by atoms with E-state index in [4.69, 9.17) is 14.5 Å². The third-order valence-electron chi connectivity index (χ3n) is 8.91. The molecule has 0 radical (unpaired) electrons. The molecule has 0 saturated carbocycles. The van der Waals surface area contributed by atoms with Crippen LogP contribution >= 0.6 is 0 Å². The van der Waals surface area contributed by atoms with Gasteiger partial charge in [0.25, 0.3) is 0 Å². The number of hydrogen-bond acceptors (Lipinski definition) is 7. The summed E-state index contributed by atoms with van der Waals surface area (Å²) in [6.07, 6.45) is 5.62. The van der Waals surface area contributed by atoms with E-state index in [2.05, 4.69) is 59.9 Å². The van der Waals surface area contributed by atoms with Gasteiger partial charge in [-0.2, -0.15) is 5.10 Å². The van der Waals surface area contributed by atoms with Gasteiger partial charge in [0.2, 0.25) is 0 Å². The summed E-state index contributed by atoms with van der Waals surface area (Å²) in [6, 6.07) is 17.2. The molecule has 1 saturated heterocycles. The average molecular weight is 578 g/mol. The molecule has 8 heteroatoms. The molecule has 1 fully saturated rings. The van der Waals surface area contributed by atoms with Gasteiger partial charge in [0.1, 0.15) is 18.1 Å². The van der Waals surface area contributed by atoms with Crippen molar-refractivity contribution < 1.29 is 9.47 Å². The Morgan fingerprint density at radius 3 is 2.77 bits per heavy atom. The molecule has 6 rings (SSSR count). The third kappa shape index (κ3) is 5.90. The van der Waals surface area contributed by atoms with Gasteiger partial charge in [-0.1, -0.05) is 43.3 Å². The van der Waals surface area contributed by atoms with E-state index in [0.717, 1.165) is 73.8 Å². The Bertz CT molecular complexity index is 1650. The first-order valence-corrected chi connectivity index (χ1v) is 15.2. The van der Waals surface area contributed by atoms with Crippen LogP contribution in [0.5, 0.6) is 5.75 Å². The van der Waals surface area contributed by atoms with E-state index in [1.165, 1.54) is 22.3 Å². The Morgan fingerprint density at radius 1 is 1.14 bits per heavy atom. The van der Waals surface area contributed by atoms with E-state index >= 15 is 0 Å². The fourth-order valence-corrected chi connectivity index (χ4v) is 6.45. The largest absolute Gasteiger partial charge is 0.488 e. The second-order valence-corrected chi connectivity index (χ2v) is 11.5. The summed E-state index contributed by atoms with van der Waals surface area (Å²) in [7, 11) is 0. The molecule has 4 heterocycles. The molecular formula is C35H39N5O3. The van der Waals surface area contributed by atoms with Crippen LogP contribution in [0.25, 0.3) is 22.8 Å². The molecule has 222 valence electrons. The number of rotatable bonds is 9. The molecule has 0 aliphatic carbocycles. The molecule has 2 aromatic carbocycles. The highest BCUT2D eigenvalue weighted by molar-refractivity contribution is 5.69. The number of hydrogen-bond donors (Lipinski definition) is 0. The SMILES string of the molecule is C=C(N=O)c1cnn(-c2cccc(-c3cc(C)ccc3OCc3ccc4c(c3C)CCN(C3CCOCC3)C4)n2)c1CC. The molecule has 2 aliphatic rings. The normalized spacial score (nSPS) is 15.7. The van der Waals surface area contributed by atoms with Crippen LogP contribution in [0.4, 0.5) is 0 Å². The topological polar surface area (TPSA) is 81.8 Å². The highest BCUT2D eigenvalue weighted by atomic mass is 16.5. The molecular weight excluding hydrogens is 538 g/mol. The quantitative estimate of drug-likeness (QED) is 0.200. The number of ether oxygens (including phenoxy) is 2. The number of nitroso groups, excluding NO2 is 1. The highest BCUT2D eigenvalue weighted by Gasteiger charge is 2.26. The van der Waals surface area contributed by atoms with Crippen LogP contribution in [-0.2, 0) is 30.7 Å². The van der Waals surface area contributed by atoms with Gasteiger partial charge in [-0.05, 0) is 91.2 Å². The van der Waals surface area contributed by atoms with Crippen LogP contribution in [0.2, 0.25) is 0 Å². The third-order valence-corrected chi connectivity index (χ3v) is 8.91. The monoisotopic (exact) mass is 577 g/mol. The van der Waals surface area contributed by atoms with E-state index < -0.39 is 0 Å². The van der Waals surface area contributed by atoms with Crippen molar-refractivity contribution in [3.8, 4) is 22.8 Å². The maximum Gasteiger partial charge on any atom is 0.154 e. The number of benzene rings is 2. The van der Waals surface area contributed by atoms with Crippen LogP contribution in [0.15, 0.2) is 66.5 Å². The highest BCUT2D eigenvalue weighted by Crippen LogP contribution is 2.33. The summed E-state index contributed by atoms with van der Waals surface area (Å²) in [6.45, 7) is 14.4. The van der Waals surface area contributed by atoms with Crippen LogP contribution in [0.1, 0.15) is 58.8 Å². The van der Waals surface area contributed by atoms with E-state index in [0.29, 0.717) is 30.5 Å². The zero-order chi connectivity index (χ0) is 29.9. The zero-order valence-corrected chi connectivity index (χ0v) is 25.3. The molecule has 4 aromatic rings. The van der Waals surface area contributed by atoms with Gasteiger partial charge >= 0.3 is 0 Å². The standard InChI is InChI=1S/C35H39N5O3/c1-5-33-31(25(4)38-41)20-36-40(33)35-8-6-7-32(37-35)30-19-23(2)9-12-34(30)43-22-27-11-10-26-21-39(16-13-29(26)24(27)3)28-14-17-42-18-15-28/h6-12,19-20,28H,4-5,13-18,21-22H2,1-3H3. The first-order valence-electron chi connectivity index (χ1n) is 15.2. The van der Waals surface area contributed by atoms with Crippen LogP contribution < -0.4 is 4.74 Å². The minimum absolute atomic E-state index is 0.169. The van der Waals surface area contributed by atoms with Crippen molar-refractivity contribution in [2.75, 3.05) is 19.8 Å². The molecule has 0 amide bonds. The van der Waals surface area contributed by atoms with Gasteiger partial charge in [-0.3, -0.25) is 4.90 Å². The molecule has 0 atom stereocenters. The van der Waals surface area contributed by atoms with Crippen LogP contribution in [0, 0.1) is 18.8 Å². The summed E-state index contributed by atoms with van der Waals surface area (Å²) >= 11 is 0. The van der Waals surface area contributed by atoms with Gasteiger partial charge in [-0.25, -0.2) is 9.67 Å². The lowest BCUT2D eigenvalue weighted by atomic mass is 9.90. The first kappa shape index (κ1) is 29.0. The van der Waals surface area contributed by atoms with Crippen molar-refractivity contribution in [2.24, 2.45) is 5.18 Å². The van der Waals surface area contributed by atoms with Gasteiger partial charge in [0.15, 0.2) is 5.82 Å². The number of nitrogens with zero attached hydrogens (tertiary/aromatic N) is 5. The van der Waals surface area contributed by atoms with E-state index in [1.54, 1.807) is 10.9 Å². The van der Waals surface area contributed by atoms with Crippen LogP contribution in [-0.4, -0.2) is 45.5 Å². The minimum Gasteiger partial charge on any atom is -0.488 e. The Balaban J connectivity index is 1.24. The van der Waals surface area contributed by atoms with Crippen LogP contribution in [0.3, 0.4) is 0 Å². The predicted octanol–water partition coefficient (Wildman–Crippen LogP) is 6.97. The minimum atomic E-state index is 0.169. The molecule has 2 aromatic heterocycles. The molecule has 0 spiro atoms. The van der Waals surface area contributed by atoms with Crippen molar-refractivity contribution in [3.05, 3.63) is 105 Å². The second-order valence-electron chi connectivity index (χ2n) is 11.5. The van der Waals surface area contributed by atoms with Gasteiger partial charge in [0, 0.05) is 43.5 Å². The maximum absolute atomic E-state index is 11.1. The number of pyridine rings is 1. The molecule has 0 bridgehead atoms. The summed E-state index contributed by atoms with van der Waals surface area (Å²) < 4.78 is 13.9. The van der Waals surface area contributed by atoms with E-state index in [9.17, 15) is 4.91 Å². The Hall–Kier alpha value is -4.14. The average Bonchev–Trinajstić information content (AvgIpc) is 3.49. The summed E-state index contributed by atoms with van der Waals surface area (Å²) in [5, 5.41) is 7.53. The van der Waals surface area contributed by atoms with Gasteiger partial charge in [-0.15, -0.1) is 4.91 Å². The molecule has 8 nitrogen and oxygen atoms in total. The van der Waals surface area contributed by atoms with Gasteiger partial charge < -0.3 is 9.47 Å². The number of aromatic nitrogens is 3. The number of fused-ring (bicyclic) bond motifs is 1. The lowest BCUT2D eigenvalue weighted by Gasteiger charge is -2.38. The first-order chi connectivity index (χ1) is 21.0. The Labute approximate surface area is 253 Å². The fraction of sp³-hybridized carbons (Fsp3) is 0.371. The summed E-state index contributed by atoms with van der Waals surface area (Å²) in [5.41, 5.74) is 9.96. The van der Waals surface area contributed by atoms with Gasteiger partial charge in [0.05, 0.1) is 17.6 Å². The molecule has 2 aliphatic heterocycles. The van der Waals surface area contributed by atoms with E-state index in [-0.39, 0.29) is 5.70 Å². The van der Waals surface area contributed by atoms with Crippen molar-refractivity contribution in [3.63, 3.8) is 0 Å². The summed E-state index contributed by atoms with van der Waals surface area (Å²) in [5.74, 6) is 1.44. The van der Waals surface area contributed by atoms with Crippen molar-refractivity contribution >= 4 is 5.70 Å². The zero-order valence-electron chi connectivity index (χ0n) is 25.3. The molecule has 0 N–H and O–H groups in total. The molecule has 0 unspecified atom stereocenters.